The van der Waals surface area contributed by atoms with E-state index in [2.05, 4.69) is 5.10 Å². The summed E-state index contributed by atoms with van der Waals surface area (Å²) in [7, 11) is 0. The van der Waals surface area contributed by atoms with E-state index < -0.39 is 17.8 Å². The van der Waals surface area contributed by atoms with Crippen LogP contribution in [-0.2, 0) is 26.3 Å². The van der Waals surface area contributed by atoms with Crippen molar-refractivity contribution in [1.29, 1.82) is 0 Å². The lowest BCUT2D eigenvalue weighted by Gasteiger charge is -2.25. The van der Waals surface area contributed by atoms with E-state index in [0.29, 0.717) is 11.3 Å². The van der Waals surface area contributed by atoms with Crippen LogP contribution in [-0.4, -0.2) is 33.9 Å². The van der Waals surface area contributed by atoms with Gasteiger partial charge in [-0.2, -0.15) is 18.3 Å². The van der Waals surface area contributed by atoms with Gasteiger partial charge in [-0.15, -0.1) is 23.5 Å². The molecule has 1 aromatic heterocycles. The van der Waals surface area contributed by atoms with Gasteiger partial charge < -0.3 is 4.74 Å². The summed E-state index contributed by atoms with van der Waals surface area (Å²) in [6, 6.07) is 0. The quantitative estimate of drug-likeness (QED) is 0.771. The number of rotatable bonds is 3. The van der Waals surface area contributed by atoms with Gasteiger partial charge in [-0.3, -0.25) is 9.48 Å². The minimum absolute atomic E-state index is 0.0596. The van der Waals surface area contributed by atoms with E-state index in [1.165, 1.54) is 4.68 Å². The molecule has 0 N–H and O–H groups in total. The number of esters is 1. The monoisotopic (exact) mass is 364 g/mol. The fourth-order valence-corrected chi connectivity index (χ4v) is 7.50. The van der Waals surface area contributed by atoms with Crippen molar-refractivity contribution >= 4 is 29.5 Å². The second-order valence-electron chi connectivity index (χ2n) is 5.88. The third-order valence-corrected chi connectivity index (χ3v) is 8.17. The lowest BCUT2D eigenvalue weighted by Crippen LogP contribution is -2.24. The maximum absolute atomic E-state index is 13.4. The molecular weight excluding hydrogens is 349 g/mol. The molecule has 0 radical (unpaired) electrons. The van der Waals surface area contributed by atoms with Crippen LogP contribution in [0.15, 0.2) is 0 Å². The van der Waals surface area contributed by atoms with Crippen molar-refractivity contribution in [1.82, 2.24) is 9.78 Å². The molecule has 0 bridgehead atoms. The molecule has 1 saturated heterocycles. The number of ether oxygens (including phenoxy) is 1. The van der Waals surface area contributed by atoms with Gasteiger partial charge in [0.1, 0.15) is 10.6 Å². The van der Waals surface area contributed by atoms with Crippen molar-refractivity contribution < 1.29 is 22.7 Å². The maximum Gasteiger partial charge on any atom is 0.435 e. The van der Waals surface area contributed by atoms with Crippen LogP contribution in [0.3, 0.4) is 0 Å². The molecule has 0 aromatic carbocycles. The van der Waals surface area contributed by atoms with E-state index in [-0.39, 0.29) is 29.1 Å². The Labute approximate surface area is 139 Å². The third kappa shape index (κ3) is 2.22. The molecule has 2 atom stereocenters. The summed E-state index contributed by atoms with van der Waals surface area (Å²) < 4.78 is 46.0. The third-order valence-electron chi connectivity index (χ3n) is 4.54. The molecule has 1 aromatic rings. The minimum atomic E-state index is -4.49. The van der Waals surface area contributed by atoms with Gasteiger partial charge in [0.25, 0.3) is 0 Å². The predicted octanol–water partition coefficient (Wildman–Crippen LogP) is 3.21. The average Bonchev–Trinajstić information content (AvgIpc) is 2.86. The lowest BCUT2D eigenvalue weighted by atomic mass is 10.1. The molecule has 1 saturated carbocycles. The van der Waals surface area contributed by atoms with Crippen LogP contribution in [0.4, 0.5) is 13.2 Å². The van der Waals surface area contributed by atoms with Gasteiger partial charge in [-0.05, 0) is 25.2 Å². The zero-order valence-electron chi connectivity index (χ0n) is 12.4. The van der Waals surface area contributed by atoms with Crippen LogP contribution in [0.1, 0.15) is 36.2 Å². The first-order chi connectivity index (χ1) is 10.9. The number of nitrogens with zero attached hydrogens (tertiary/aromatic N) is 2. The second kappa shape index (κ2) is 5.08. The van der Waals surface area contributed by atoms with Gasteiger partial charge in [0.15, 0.2) is 5.69 Å². The molecule has 2 fully saturated rings. The molecule has 2 heterocycles. The molecule has 1 spiro atoms. The van der Waals surface area contributed by atoms with Crippen molar-refractivity contribution in [2.24, 2.45) is 5.92 Å². The van der Waals surface area contributed by atoms with Crippen LogP contribution in [0, 0.1) is 5.92 Å². The Morgan fingerprint density at radius 3 is 2.74 bits per heavy atom. The topological polar surface area (TPSA) is 44.1 Å². The fraction of sp³-hybridized carbons (Fsp3) is 0.714. The average molecular weight is 364 g/mol. The summed E-state index contributed by atoms with van der Waals surface area (Å²) in [5, 5.41) is 3.79. The van der Waals surface area contributed by atoms with Crippen LogP contribution >= 0.6 is 23.5 Å². The van der Waals surface area contributed by atoms with Gasteiger partial charge in [-0.1, -0.05) is 0 Å². The summed E-state index contributed by atoms with van der Waals surface area (Å²) in [6.07, 6.45) is -3.70. The number of alkyl halides is 3. The predicted molar refractivity (Wildman–Crippen MR) is 81.3 cm³/mol. The van der Waals surface area contributed by atoms with E-state index in [1.54, 1.807) is 30.4 Å². The summed E-state index contributed by atoms with van der Waals surface area (Å²) >= 11 is 3.41. The molecular formula is C14H15F3N2O2S2. The molecule has 4 rings (SSSR count). The van der Waals surface area contributed by atoms with Crippen molar-refractivity contribution in [3.8, 4) is 0 Å². The Kier molecular flexibility index (Phi) is 3.46. The zero-order valence-corrected chi connectivity index (χ0v) is 14.0. The zero-order chi connectivity index (χ0) is 16.4. The molecule has 4 nitrogen and oxygen atoms in total. The summed E-state index contributed by atoms with van der Waals surface area (Å²) in [5.74, 6) is 1.46. The molecule has 9 heteroatoms. The molecule has 23 heavy (non-hydrogen) atoms. The summed E-state index contributed by atoms with van der Waals surface area (Å²) in [4.78, 5) is 11.8. The largest absolute Gasteiger partial charge is 0.465 e. The Hall–Kier alpha value is -0.830. The number of hydrogen-bond acceptors (Lipinski definition) is 5. The summed E-state index contributed by atoms with van der Waals surface area (Å²) in [5.41, 5.74) is 0.120. The van der Waals surface area contributed by atoms with E-state index >= 15 is 0 Å². The minimum Gasteiger partial charge on any atom is -0.465 e. The highest BCUT2D eigenvalue weighted by atomic mass is 32.2. The fourth-order valence-electron chi connectivity index (χ4n) is 3.74. The number of thioether (sulfide) groups is 2. The number of halogens is 3. The van der Waals surface area contributed by atoms with E-state index in [9.17, 15) is 18.0 Å². The van der Waals surface area contributed by atoms with E-state index in [1.807, 2.05) is 0 Å². The first-order valence-electron chi connectivity index (χ1n) is 7.50. The smallest absolute Gasteiger partial charge is 0.435 e. The Morgan fingerprint density at radius 1 is 1.43 bits per heavy atom. The van der Waals surface area contributed by atoms with Crippen LogP contribution in [0.5, 0.6) is 0 Å². The standard InChI is InChI=1S/C14H15F3N2O2S2/c1-2-21-9(20)6-19-12-10(11(18-19)14(15,16)17)7-5-8(7)13(12)22-3-4-23-13/h7-8H,2-6H2,1H3. The Morgan fingerprint density at radius 2 is 2.13 bits per heavy atom. The van der Waals surface area contributed by atoms with Crippen LogP contribution < -0.4 is 0 Å². The van der Waals surface area contributed by atoms with Crippen LogP contribution in [0.25, 0.3) is 0 Å². The Balaban J connectivity index is 1.82. The Bertz CT molecular complexity index is 668. The first kappa shape index (κ1) is 15.7. The van der Waals surface area contributed by atoms with Gasteiger partial charge >= 0.3 is 12.1 Å². The number of carbonyl (C=O) groups is 1. The number of fused-ring (bicyclic) bond motifs is 5. The van der Waals surface area contributed by atoms with Gasteiger partial charge in [0.05, 0.1) is 12.3 Å². The van der Waals surface area contributed by atoms with Gasteiger partial charge in [-0.25, -0.2) is 0 Å². The highest BCUT2D eigenvalue weighted by Crippen LogP contribution is 2.76. The normalized spacial score (nSPS) is 27.1. The highest BCUT2D eigenvalue weighted by Gasteiger charge is 2.67. The number of aromatic nitrogens is 2. The summed E-state index contributed by atoms with van der Waals surface area (Å²) in [6.45, 7) is 1.62. The van der Waals surface area contributed by atoms with Gasteiger partial charge in [0.2, 0.25) is 0 Å². The molecule has 3 aliphatic rings. The van der Waals surface area contributed by atoms with Crippen molar-refractivity contribution in [2.75, 3.05) is 18.1 Å². The molecule has 2 unspecified atom stereocenters. The van der Waals surface area contributed by atoms with Gasteiger partial charge in [0, 0.05) is 17.1 Å². The number of hydrogen-bond donors (Lipinski definition) is 0. The van der Waals surface area contributed by atoms with Crippen LogP contribution in [0.2, 0.25) is 0 Å². The molecule has 1 aliphatic heterocycles. The molecule has 126 valence electrons. The lowest BCUT2D eigenvalue weighted by molar-refractivity contribution is -0.146. The van der Waals surface area contributed by atoms with Crippen molar-refractivity contribution in [3.05, 3.63) is 17.0 Å². The molecule has 0 amide bonds. The van der Waals surface area contributed by atoms with E-state index in [0.717, 1.165) is 17.9 Å². The second-order valence-corrected chi connectivity index (χ2v) is 8.82. The SMILES string of the molecule is CCOC(=O)Cn1nc(C(F)(F)F)c2c1C1(SCCS1)C1CC21. The van der Waals surface area contributed by atoms with E-state index in [4.69, 9.17) is 4.74 Å². The van der Waals surface area contributed by atoms with Crippen molar-refractivity contribution in [3.63, 3.8) is 0 Å². The molecule has 2 aliphatic carbocycles. The highest BCUT2D eigenvalue weighted by molar-refractivity contribution is 8.20. The first-order valence-corrected chi connectivity index (χ1v) is 9.47. The maximum atomic E-state index is 13.4. The van der Waals surface area contributed by atoms with Crippen molar-refractivity contribution in [2.45, 2.75) is 36.1 Å². The number of carbonyl (C=O) groups excluding carboxylic acids is 1.